The first-order chi connectivity index (χ1) is 21.8. The molecule has 4 fully saturated rings. The largest absolute Gasteiger partial charge is 0.469 e. The predicted octanol–water partition coefficient (Wildman–Crippen LogP) is 9.66. The van der Waals surface area contributed by atoms with Gasteiger partial charge in [0.05, 0.1) is 19.3 Å². The molecule has 0 spiro atoms. The van der Waals surface area contributed by atoms with Crippen molar-refractivity contribution < 1.29 is 23.7 Å². The van der Waals surface area contributed by atoms with Gasteiger partial charge in [-0.3, -0.25) is 0 Å². The van der Waals surface area contributed by atoms with Crippen LogP contribution < -0.4 is 0 Å². The molecule has 2 saturated carbocycles. The lowest BCUT2D eigenvalue weighted by molar-refractivity contribution is -0.201. The van der Waals surface area contributed by atoms with Gasteiger partial charge in [0.15, 0.2) is 12.6 Å². The van der Waals surface area contributed by atoms with Gasteiger partial charge in [-0.05, 0) is 100 Å². The summed E-state index contributed by atoms with van der Waals surface area (Å²) in [5.74, 6) is 3.41. The summed E-state index contributed by atoms with van der Waals surface area (Å²) in [6.07, 6.45) is 26.9. The van der Waals surface area contributed by atoms with E-state index in [0.29, 0.717) is 17.8 Å². The summed E-state index contributed by atoms with van der Waals surface area (Å²) in [4.78, 5) is 0. The Bertz CT molecular complexity index is 1020. The second kappa shape index (κ2) is 17.3. The van der Waals surface area contributed by atoms with Gasteiger partial charge in [0.2, 0.25) is 0 Å². The minimum Gasteiger partial charge on any atom is -0.469 e. The molecule has 6 atom stereocenters. The number of fused-ring (bicyclic) bond motifs is 1. The van der Waals surface area contributed by atoms with Crippen molar-refractivity contribution in [2.75, 3.05) is 19.8 Å². The summed E-state index contributed by atoms with van der Waals surface area (Å²) in [7, 11) is 0. The van der Waals surface area contributed by atoms with Gasteiger partial charge < -0.3 is 23.7 Å². The predicted molar refractivity (Wildman–Crippen MR) is 175 cm³/mol. The lowest BCUT2D eigenvalue weighted by atomic mass is 9.84. The Morgan fingerprint density at radius 3 is 2.36 bits per heavy atom. The Kier molecular flexibility index (Phi) is 12.7. The van der Waals surface area contributed by atoms with Crippen LogP contribution in [0.15, 0.2) is 53.8 Å². The van der Waals surface area contributed by atoms with Crippen molar-refractivity contribution in [1.29, 1.82) is 0 Å². The highest BCUT2D eigenvalue weighted by atomic mass is 16.7. The van der Waals surface area contributed by atoms with Crippen LogP contribution in [-0.4, -0.2) is 38.5 Å². The Morgan fingerprint density at radius 2 is 1.59 bits per heavy atom. The lowest BCUT2D eigenvalue weighted by Gasteiger charge is -2.34. The van der Waals surface area contributed by atoms with Crippen LogP contribution in [0.4, 0.5) is 0 Å². The molecule has 2 unspecified atom stereocenters. The molecule has 244 valence electrons. The first kappa shape index (κ1) is 32.3. The molecule has 6 rings (SSSR count). The molecule has 5 aliphatic rings. The molecule has 0 aromatic heterocycles. The van der Waals surface area contributed by atoms with E-state index in [1.54, 1.807) is 5.57 Å². The van der Waals surface area contributed by atoms with E-state index in [1.807, 2.05) is 0 Å². The van der Waals surface area contributed by atoms with Crippen LogP contribution in [0.1, 0.15) is 121 Å². The van der Waals surface area contributed by atoms with Gasteiger partial charge in [-0.15, -0.1) is 0 Å². The van der Waals surface area contributed by atoms with Gasteiger partial charge in [-0.2, -0.15) is 0 Å². The molecule has 0 radical (unpaired) electrons. The monoisotopic (exact) mass is 606 g/mol. The topological polar surface area (TPSA) is 46.2 Å². The second-order valence-electron chi connectivity index (χ2n) is 14.2. The van der Waals surface area contributed by atoms with Gasteiger partial charge in [-0.25, -0.2) is 0 Å². The number of hydrogen-bond acceptors (Lipinski definition) is 5. The Labute approximate surface area is 267 Å². The fraction of sp³-hybridized carbons (Fsp3) is 0.744. The maximum atomic E-state index is 6.88. The third-order valence-corrected chi connectivity index (χ3v) is 10.8. The highest BCUT2D eigenvalue weighted by Gasteiger charge is 2.49. The second-order valence-corrected chi connectivity index (χ2v) is 14.2. The molecule has 0 amide bonds. The van der Waals surface area contributed by atoms with Gasteiger partial charge in [0.25, 0.3) is 0 Å². The quantitative estimate of drug-likeness (QED) is 0.113. The number of rotatable bonds is 15. The van der Waals surface area contributed by atoms with Crippen LogP contribution in [0.25, 0.3) is 0 Å². The number of allylic oxidation sites excluding steroid dienone is 3. The summed E-state index contributed by atoms with van der Waals surface area (Å²) in [5.41, 5.74) is 2.91. The van der Waals surface area contributed by atoms with E-state index in [0.717, 1.165) is 77.3 Å². The number of ether oxygens (including phenoxy) is 5. The number of unbranched alkanes of at least 4 members (excludes halogenated alkanes) is 2. The van der Waals surface area contributed by atoms with E-state index < -0.39 is 0 Å². The highest BCUT2D eigenvalue weighted by molar-refractivity contribution is 5.23. The summed E-state index contributed by atoms with van der Waals surface area (Å²) >= 11 is 0. The summed E-state index contributed by atoms with van der Waals surface area (Å²) in [5, 5.41) is 0. The summed E-state index contributed by atoms with van der Waals surface area (Å²) in [6.45, 7) is 3.21. The minimum absolute atomic E-state index is 0.0619. The highest BCUT2D eigenvalue weighted by Crippen LogP contribution is 2.52. The van der Waals surface area contributed by atoms with Crippen LogP contribution in [0.2, 0.25) is 0 Å². The third-order valence-electron chi connectivity index (χ3n) is 10.8. The first-order valence-corrected chi connectivity index (χ1v) is 18.4. The molecular weight excluding hydrogens is 548 g/mol. The Hall–Kier alpha value is -1.66. The van der Waals surface area contributed by atoms with Gasteiger partial charge in [0.1, 0.15) is 5.76 Å². The molecular formula is C39H58O5. The molecule has 0 N–H and O–H groups in total. The van der Waals surface area contributed by atoms with E-state index in [1.165, 1.54) is 82.0 Å². The molecule has 2 heterocycles. The zero-order valence-corrected chi connectivity index (χ0v) is 27.2. The van der Waals surface area contributed by atoms with Crippen molar-refractivity contribution >= 4 is 0 Å². The molecule has 1 aromatic rings. The summed E-state index contributed by atoms with van der Waals surface area (Å²) in [6, 6.07) is 10.5. The average Bonchev–Trinajstić information content (AvgIpc) is 3.61. The van der Waals surface area contributed by atoms with Gasteiger partial charge >= 0.3 is 0 Å². The van der Waals surface area contributed by atoms with Crippen molar-refractivity contribution in [3.63, 3.8) is 0 Å². The van der Waals surface area contributed by atoms with E-state index in [9.17, 15) is 0 Å². The van der Waals surface area contributed by atoms with Crippen molar-refractivity contribution in [3.05, 3.63) is 59.4 Å². The molecule has 2 saturated heterocycles. The molecule has 1 aromatic carbocycles. The maximum Gasteiger partial charge on any atom is 0.199 e. The van der Waals surface area contributed by atoms with Crippen molar-refractivity contribution in [1.82, 2.24) is 0 Å². The Morgan fingerprint density at radius 1 is 0.818 bits per heavy atom. The molecule has 2 aliphatic heterocycles. The minimum atomic E-state index is -0.107. The lowest BCUT2D eigenvalue weighted by Crippen LogP contribution is -2.34. The van der Waals surface area contributed by atoms with Crippen molar-refractivity contribution in [3.8, 4) is 0 Å². The zero-order valence-electron chi connectivity index (χ0n) is 27.2. The van der Waals surface area contributed by atoms with Crippen LogP contribution in [-0.2, 0) is 30.3 Å². The van der Waals surface area contributed by atoms with Crippen molar-refractivity contribution in [2.24, 2.45) is 23.7 Å². The SMILES string of the molecule is C1=C(CCCCCOCc2ccccc2)C[C@H]2[C@H](C(=CCC3CCCCC3)OC3CCCCO3)[C@@H](OC3CCCCO3)C[C@@H]12. The Balaban J connectivity index is 1.07. The normalized spacial score (nSPS) is 31.5. The molecule has 44 heavy (non-hydrogen) atoms. The zero-order chi connectivity index (χ0) is 29.8. The van der Waals surface area contributed by atoms with Crippen LogP contribution >= 0.6 is 0 Å². The van der Waals surface area contributed by atoms with Crippen LogP contribution in [0, 0.1) is 23.7 Å². The summed E-state index contributed by atoms with van der Waals surface area (Å²) < 4.78 is 31.9. The molecule has 3 aliphatic carbocycles. The van der Waals surface area contributed by atoms with Crippen LogP contribution in [0.3, 0.4) is 0 Å². The number of hydrogen-bond donors (Lipinski definition) is 0. The van der Waals surface area contributed by atoms with Crippen LogP contribution in [0.5, 0.6) is 0 Å². The van der Waals surface area contributed by atoms with Gasteiger partial charge in [-0.1, -0.05) is 80.5 Å². The van der Waals surface area contributed by atoms with Gasteiger partial charge in [0, 0.05) is 25.6 Å². The van der Waals surface area contributed by atoms with E-state index in [4.69, 9.17) is 23.7 Å². The molecule has 5 heteroatoms. The van der Waals surface area contributed by atoms with E-state index >= 15 is 0 Å². The van der Waals surface area contributed by atoms with E-state index in [2.05, 4.69) is 42.5 Å². The van der Waals surface area contributed by atoms with E-state index in [-0.39, 0.29) is 18.7 Å². The maximum absolute atomic E-state index is 6.88. The fourth-order valence-electron chi connectivity index (χ4n) is 8.43. The standard InChI is InChI=1S/C39H58O5/c1-4-14-30(15-5-1)21-22-35(43-37-19-9-12-24-41-37)39-34-27-32(18-8-3-11-23-40-29-31-16-6-2-7-17-31)26-33(34)28-36(39)44-38-20-10-13-25-42-38/h2,6-7,16-17,22,26,30,33-34,36-39H,1,3-5,8-15,18-21,23-25,27-29H2/t33-,34-,36+,37?,38?,39-/m1/s1. The van der Waals surface area contributed by atoms with Crippen molar-refractivity contribution in [2.45, 2.75) is 141 Å². The number of benzene rings is 1. The molecule has 5 nitrogen and oxygen atoms in total. The first-order valence-electron chi connectivity index (χ1n) is 18.4. The average molecular weight is 607 g/mol. The third kappa shape index (κ3) is 9.44. The fourth-order valence-corrected chi connectivity index (χ4v) is 8.43. The molecule has 0 bridgehead atoms. The smallest absolute Gasteiger partial charge is 0.199 e.